The zero-order valence-electron chi connectivity index (χ0n) is 15.1. The Morgan fingerprint density at radius 1 is 1.24 bits per heavy atom. The SMILES string of the molecule is C/C(=N/N=C1\NC(=O)[C@@H](CC(=O)Nc2cccc(Cl)c2Cl)S1)c1ccc(F)cc1. The Hall–Kier alpha value is -2.42. The Morgan fingerprint density at radius 2 is 1.97 bits per heavy atom. The first-order chi connectivity index (χ1) is 13.8. The van der Waals surface area contributed by atoms with E-state index in [1.807, 2.05) is 0 Å². The lowest BCUT2D eigenvalue weighted by Crippen LogP contribution is -2.28. The van der Waals surface area contributed by atoms with E-state index >= 15 is 0 Å². The predicted molar refractivity (Wildman–Crippen MR) is 115 cm³/mol. The number of amides is 2. The second-order valence-corrected chi connectivity index (χ2v) is 8.02. The van der Waals surface area contributed by atoms with Gasteiger partial charge >= 0.3 is 0 Å². The van der Waals surface area contributed by atoms with E-state index in [4.69, 9.17) is 23.2 Å². The van der Waals surface area contributed by atoms with Crippen LogP contribution in [0.25, 0.3) is 0 Å². The number of amidine groups is 1. The van der Waals surface area contributed by atoms with Crippen molar-refractivity contribution < 1.29 is 14.0 Å². The lowest BCUT2D eigenvalue weighted by molar-refractivity contribution is -0.122. The van der Waals surface area contributed by atoms with Crippen LogP contribution < -0.4 is 10.6 Å². The minimum Gasteiger partial charge on any atom is -0.325 e. The van der Waals surface area contributed by atoms with Gasteiger partial charge in [0.25, 0.3) is 0 Å². The van der Waals surface area contributed by atoms with Crippen LogP contribution in [0, 0.1) is 5.82 Å². The van der Waals surface area contributed by atoms with Crippen LogP contribution in [0.4, 0.5) is 10.1 Å². The molecule has 2 amide bonds. The Kier molecular flexibility index (Phi) is 6.89. The van der Waals surface area contributed by atoms with Crippen LogP contribution in [-0.2, 0) is 9.59 Å². The highest BCUT2D eigenvalue weighted by Gasteiger charge is 2.32. The molecule has 29 heavy (non-hydrogen) atoms. The average Bonchev–Trinajstić information content (AvgIpc) is 3.03. The maximum atomic E-state index is 13.0. The number of nitrogens with one attached hydrogen (secondary N) is 2. The summed E-state index contributed by atoms with van der Waals surface area (Å²) < 4.78 is 13.0. The van der Waals surface area contributed by atoms with Crippen molar-refractivity contribution in [3.63, 3.8) is 0 Å². The summed E-state index contributed by atoms with van der Waals surface area (Å²) in [5, 5.41) is 13.5. The number of nitrogens with zero attached hydrogens (tertiary/aromatic N) is 2. The van der Waals surface area contributed by atoms with Gasteiger partial charge in [-0.05, 0) is 36.8 Å². The monoisotopic (exact) mass is 452 g/mol. The zero-order valence-corrected chi connectivity index (χ0v) is 17.4. The summed E-state index contributed by atoms with van der Waals surface area (Å²) in [6.07, 6.45) is -0.0704. The van der Waals surface area contributed by atoms with Gasteiger partial charge in [-0.1, -0.05) is 53.2 Å². The van der Waals surface area contributed by atoms with Crippen LogP contribution in [0.15, 0.2) is 52.7 Å². The lowest BCUT2D eigenvalue weighted by atomic mass is 10.1. The Labute approximate surface area is 180 Å². The standard InChI is InChI=1S/C19H15Cl2FN4O2S/c1-10(11-5-7-12(22)8-6-11)25-26-19-24-18(28)15(29-19)9-16(27)23-14-4-2-3-13(20)17(14)21/h2-8,15H,9H2,1H3,(H,23,27)(H,24,26,28)/b25-10-/t15-/m1/s1. The molecular formula is C19H15Cl2FN4O2S. The smallest absolute Gasteiger partial charge is 0.240 e. The quantitative estimate of drug-likeness (QED) is 0.518. The first-order valence-corrected chi connectivity index (χ1v) is 10.1. The molecule has 0 aromatic heterocycles. The lowest BCUT2D eigenvalue weighted by Gasteiger charge is -2.09. The fourth-order valence-corrected chi connectivity index (χ4v) is 3.69. The van der Waals surface area contributed by atoms with Crippen molar-refractivity contribution >= 4 is 63.3 Å². The van der Waals surface area contributed by atoms with Gasteiger partial charge in [0, 0.05) is 6.42 Å². The molecule has 10 heteroatoms. The topological polar surface area (TPSA) is 82.9 Å². The fraction of sp³-hybridized carbons (Fsp3) is 0.158. The number of thioether (sulfide) groups is 1. The van der Waals surface area contributed by atoms with Gasteiger partial charge < -0.3 is 10.6 Å². The second-order valence-electron chi connectivity index (χ2n) is 6.05. The Bertz CT molecular complexity index is 1010. The third-order valence-corrected chi connectivity index (χ3v) is 5.82. The number of hydrogen-bond donors (Lipinski definition) is 2. The van der Waals surface area contributed by atoms with E-state index < -0.39 is 5.25 Å². The highest BCUT2D eigenvalue weighted by Crippen LogP contribution is 2.30. The summed E-state index contributed by atoms with van der Waals surface area (Å²) in [6.45, 7) is 1.72. The van der Waals surface area contributed by atoms with Crippen LogP contribution in [0.5, 0.6) is 0 Å². The van der Waals surface area contributed by atoms with Crippen LogP contribution in [0.1, 0.15) is 18.9 Å². The third kappa shape index (κ3) is 5.56. The molecule has 0 saturated carbocycles. The molecule has 1 saturated heterocycles. The molecule has 0 aliphatic carbocycles. The molecule has 0 unspecified atom stereocenters. The number of halogens is 3. The molecule has 6 nitrogen and oxygen atoms in total. The van der Waals surface area contributed by atoms with Gasteiger partial charge in [-0.2, -0.15) is 5.10 Å². The van der Waals surface area contributed by atoms with Crippen LogP contribution in [0.3, 0.4) is 0 Å². The van der Waals surface area contributed by atoms with Crippen molar-refractivity contribution in [3.8, 4) is 0 Å². The van der Waals surface area contributed by atoms with Crippen molar-refractivity contribution in [2.75, 3.05) is 5.32 Å². The van der Waals surface area contributed by atoms with Gasteiger partial charge in [0.05, 0.1) is 21.4 Å². The second kappa shape index (κ2) is 9.39. The van der Waals surface area contributed by atoms with Gasteiger partial charge in [-0.25, -0.2) is 4.39 Å². The number of carbonyl (C=O) groups is 2. The summed E-state index contributed by atoms with van der Waals surface area (Å²) in [4.78, 5) is 24.4. The minimum absolute atomic E-state index is 0.0704. The molecule has 1 heterocycles. The molecule has 1 aliphatic heterocycles. The minimum atomic E-state index is -0.645. The van der Waals surface area contributed by atoms with Gasteiger partial charge in [-0.15, -0.1) is 5.10 Å². The van der Waals surface area contributed by atoms with E-state index in [-0.39, 0.29) is 34.2 Å². The Balaban J connectivity index is 1.61. The summed E-state index contributed by atoms with van der Waals surface area (Å²) >= 11 is 13.1. The number of rotatable bonds is 5. The van der Waals surface area contributed by atoms with E-state index in [1.54, 1.807) is 37.3 Å². The normalized spacial score (nSPS) is 18.1. The van der Waals surface area contributed by atoms with Crippen molar-refractivity contribution in [2.24, 2.45) is 10.2 Å². The number of anilines is 1. The van der Waals surface area contributed by atoms with Gasteiger partial charge in [0.2, 0.25) is 11.8 Å². The highest BCUT2D eigenvalue weighted by atomic mass is 35.5. The Morgan fingerprint density at radius 3 is 2.69 bits per heavy atom. The molecule has 0 spiro atoms. The summed E-state index contributed by atoms with van der Waals surface area (Å²) in [7, 11) is 0. The van der Waals surface area contributed by atoms with Crippen LogP contribution in [0.2, 0.25) is 10.0 Å². The van der Waals surface area contributed by atoms with Crippen molar-refractivity contribution in [2.45, 2.75) is 18.6 Å². The van der Waals surface area contributed by atoms with E-state index in [0.29, 0.717) is 22.0 Å². The summed E-state index contributed by atoms with van der Waals surface area (Å²) in [6, 6.07) is 10.7. The first kappa shape index (κ1) is 21.3. The molecule has 2 aromatic carbocycles. The third-order valence-electron chi connectivity index (χ3n) is 3.93. The first-order valence-electron chi connectivity index (χ1n) is 8.43. The van der Waals surface area contributed by atoms with E-state index in [9.17, 15) is 14.0 Å². The molecule has 1 atom stereocenters. The fourth-order valence-electron chi connectivity index (χ4n) is 2.43. The molecule has 1 aliphatic rings. The van der Waals surface area contributed by atoms with E-state index in [2.05, 4.69) is 20.8 Å². The number of carbonyl (C=O) groups excluding carboxylic acids is 2. The van der Waals surface area contributed by atoms with Crippen molar-refractivity contribution in [1.29, 1.82) is 0 Å². The number of benzene rings is 2. The van der Waals surface area contributed by atoms with Crippen molar-refractivity contribution in [3.05, 3.63) is 63.9 Å². The molecule has 1 fully saturated rings. The van der Waals surface area contributed by atoms with Gasteiger partial charge in [0.15, 0.2) is 5.17 Å². The van der Waals surface area contributed by atoms with Crippen LogP contribution >= 0.6 is 35.0 Å². The van der Waals surface area contributed by atoms with E-state index in [1.165, 1.54) is 12.1 Å². The highest BCUT2D eigenvalue weighted by molar-refractivity contribution is 8.15. The molecule has 2 N–H and O–H groups in total. The van der Waals surface area contributed by atoms with E-state index in [0.717, 1.165) is 11.8 Å². The van der Waals surface area contributed by atoms with Crippen LogP contribution in [-0.4, -0.2) is 27.9 Å². The zero-order chi connectivity index (χ0) is 21.0. The van der Waals surface area contributed by atoms with Gasteiger partial charge in [0.1, 0.15) is 11.1 Å². The largest absolute Gasteiger partial charge is 0.325 e. The molecule has 150 valence electrons. The molecule has 0 radical (unpaired) electrons. The molecule has 0 bridgehead atoms. The molecule has 3 rings (SSSR count). The maximum Gasteiger partial charge on any atom is 0.240 e. The summed E-state index contributed by atoms with van der Waals surface area (Å²) in [5.41, 5.74) is 1.64. The molecular weight excluding hydrogens is 438 g/mol. The van der Waals surface area contributed by atoms with Gasteiger partial charge in [-0.3, -0.25) is 9.59 Å². The maximum absolute atomic E-state index is 13.0. The predicted octanol–water partition coefficient (Wildman–Crippen LogP) is 4.47. The summed E-state index contributed by atoms with van der Waals surface area (Å²) in [5.74, 6) is -1.06. The molecule has 2 aromatic rings. The van der Waals surface area contributed by atoms with Crippen molar-refractivity contribution in [1.82, 2.24) is 5.32 Å². The average molecular weight is 453 g/mol. The number of hydrogen-bond acceptors (Lipinski definition) is 5.